The summed E-state index contributed by atoms with van der Waals surface area (Å²) in [5.74, 6) is -0.619. The summed E-state index contributed by atoms with van der Waals surface area (Å²) in [6, 6.07) is 10.4. The van der Waals surface area contributed by atoms with Crippen molar-refractivity contribution in [3.05, 3.63) is 58.1 Å². The first kappa shape index (κ1) is 21.6. The standard InChI is InChI=1S/C19H19Cl2N3O4S/c20-13-1-6-16(17(21)11-13)19(26)24-9-7-12(8-10-24)18(25)23-14-2-4-15(5-3-14)29(22,27)28/h1-6,11-12H,7-10H2,(H,23,25)(H2,22,27,28). The van der Waals surface area contributed by atoms with Crippen molar-refractivity contribution in [2.24, 2.45) is 11.1 Å². The molecule has 154 valence electrons. The number of rotatable bonds is 4. The van der Waals surface area contributed by atoms with E-state index in [9.17, 15) is 18.0 Å². The molecule has 0 atom stereocenters. The lowest BCUT2D eigenvalue weighted by molar-refractivity contribution is -0.121. The summed E-state index contributed by atoms with van der Waals surface area (Å²) < 4.78 is 22.6. The molecule has 0 radical (unpaired) electrons. The smallest absolute Gasteiger partial charge is 0.255 e. The maximum atomic E-state index is 12.7. The van der Waals surface area contributed by atoms with Crippen LogP contribution in [0.5, 0.6) is 0 Å². The Morgan fingerprint density at radius 3 is 2.21 bits per heavy atom. The molecule has 0 aromatic heterocycles. The number of sulfonamides is 1. The average molecular weight is 456 g/mol. The summed E-state index contributed by atoms with van der Waals surface area (Å²) >= 11 is 12.0. The lowest BCUT2D eigenvalue weighted by Gasteiger charge is -2.31. The second-order valence-electron chi connectivity index (χ2n) is 6.75. The molecule has 7 nitrogen and oxygen atoms in total. The highest BCUT2D eigenvalue weighted by Crippen LogP contribution is 2.25. The number of carbonyl (C=O) groups excluding carboxylic acids is 2. The molecule has 1 fully saturated rings. The molecule has 0 unspecified atom stereocenters. The predicted octanol–water partition coefficient (Wildman–Crippen LogP) is 3.13. The molecule has 1 saturated heterocycles. The van der Waals surface area contributed by atoms with Crippen molar-refractivity contribution < 1.29 is 18.0 Å². The first-order valence-corrected chi connectivity index (χ1v) is 11.1. The van der Waals surface area contributed by atoms with Gasteiger partial charge in [0.05, 0.1) is 15.5 Å². The topological polar surface area (TPSA) is 110 Å². The van der Waals surface area contributed by atoms with Gasteiger partial charge in [-0.2, -0.15) is 0 Å². The van der Waals surface area contributed by atoms with E-state index in [2.05, 4.69) is 5.32 Å². The van der Waals surface area contributed by atoms with Crippen LogP contribution in [0.4, 0.5) is 5.69 Å². The van der Waals surface area contributed by atoms with Crippen LogP contribution in [0.15, 0.2) is 47.4 Å². The lowest BCUT2D eigenvalue weighted by Crippen LogP contribution is -2.41. The average Bonchev–Trinajstić information content (AvgIpc) is 2.67. The van der Waals surface area contributed by atoms with E-state index < -0.39 is 10.0 Å². The fourth-order valence-corrected chi connectivity index (χ4v) is 4.16. The first-order chi connectivity index (χ1) is 13.6. The summed E-state index contributed by atoms with van der Waals surface area (Å²) in [4.78, 5) is 26.8. The number of nitrogens with two attached hydrogens (primary N) is 1. The van der Waals surface area contributed by atoms with Gasteiger partial charge in [-0.25, -0.2) is 13.6 Å². The Morgan fingerprint density at radius 1 is 1.03 bits per heavy atom. The highest BCUT2D eigenvalue weighted by molar-refractivity contribution is 7.89. The molecule has 29 heavy (non-hydrogen) atoms. The molecular formula is C19H19Cl2N3O4S. The Morgan fingerprint density at radius 2 is 1.66 bits per heavy atom. The number of amides is 2. The van der Waals surface area contributed by atoms with Gasteiger partial charge >= 0.3 is 0 Å². The fraction of sp³-hybridized carbons (Fsp3) is 0.263. The lowest BCUT2D eigenvalue weighted by atomic mass is 9.95. The van der Waals surface area contributed by atoms with Gasteiger partial charge in [0.1, 0.15) is 0 Å². The van der Waals surface area contributed by atoms with Crippen LogP contribution >= 0.6 is 23.2 Å². The highest BCUT2D eigenvalue weighted by Gasteiger charge is 2.28. The van der Waals surface area contributed by atoms with Gasteiger partial charge in [-0.05, 0) is 55.3 Å². The van der Waals surface area contributed by atoms with Crippen LogP contribution in [-0.4, -0.2) is 38.2 Å². The molecule has 3 N–H and O–H groups in total. The third-order valence-electron chi connectivity index (χ3n) is 4.76. The molecule has 0 spiro atoms. The van der Waals surface area contributed by atoms with E-state index in [0.29, 0.717) is 47.2 Å². The van der Waals surface area contributed by atoms with Gasteiger partial charge < -0.3 is 10.2 Å². The zero-order valence-electron chi connectivity index (χ0n) is 15.3. The molecule has 1 aliphatic rings. The maximum absolute atomic E-state index is 12.7. The largest absolute Gasteiger partial charge is 0.339 e. The summed E-state index contributed by atoms with van der Waals surface area (Å²) in [7, 11) is -3.78. The molecule has 1 heterocycles. The summed E-state index contributed by atoms with van der Waals surface area (Å²) in [5, 5.41) is 8.58. The minimum absolute atomic E-state index is 0.0248. The molecule has 3 rings (SSSR count). The molecule has 2 amide bonds. The number of benzene rings is 2. The summed E-state index contributed by atoms with van der Waals surface area (Å²) in [6.07, 6.45) is 1.02. The summed E-state index contributed by atoms with van der Waals surface area (Å²) in [6.45, 7) is 0.862. The number of piperidine rings is 1. The van der Waals surface area contributed by atoms with Crippen LogP contribution in [-0.2, 0) is 14.8 Å². The van der Waals surface area contributed by atoms with E-state index in [4.69, 9.17) is 28.3 Å². The van der Waals surface area contributed by atoms with Crippen molar-refractivity contribution >= 4 is 50.7 Å². The SMILES string of the molecule is NS(=O)(=O)c1ccc(NC(=O)C2CCN(C(=O)c3ccc(Cl)cc3Cl)CC2)cc1. The minimum atomic E-state index is -3.78. The second-order valence-corrected chi connectivity index (χ2v) is 9.15. The van der Waals surface area contributed by atoms with Crippen molar-refractivity contribution in [1.29, 1.82) is 0 Å². The van der Waals surface area contributed by atoms with E-state index in [1.54, 1.807) is 17.0 Å². The van der Waals surface area contributed by atoms with Gasteiger partial charge in [-0.3, -0.25) is 9.59 Å². The van der Waals surface area contributed by atoms with Gasteiger partial charge in [0.2, 0.25) is 15.9 Å². The number of hydrogen-bond donors (Lipinski definition) is 2. The van der Waals surface area contributed by atoms with Gasteiger partial charge in [0, 0.05) is 29.7 Å². The molecule has 0 aliphatic carbocycles. The summed E-state index contributed by atoms with van der Waals surface area (Å²) in [5.41, 5.74) is 0.864. The number of likely N-dealkylation sites (tertiary alicyclic amines) is 1. The number of nitrogens with one attached hydrogen (secondary N) is 1. The van der Waals surface area contributed by atoms with Crippen molar-refractivity contribution in [2.45, 2.75) is 17.7 Å². The van der Waals surface area contributed by atoms with Crippen LogP contribution in [0.2, 0.25) is 10.0 Å². The Kier molecular flexibility index (Phi) is 6.48. The highest BCUT2D eigenvalue weighted by atomic mass is 35.5. The van der Waals surface area contributed by atoms with Crippen molar-refractivity contribution in [1.82, 2.24) is 4.90 Å². The third kappa shape index (κ3) is 5.27. The number of primary sulfonamides is 1. The number of nitrogens with zero attached hydrogens (tertiary/aromatic N) is 1. The van der Waals surface area contributed by atoms with E-state index in [0.717, 1.165) is 0 Å². The van der Waals surface area contributed by atoms with Gasteiger partial charge in [0.25, 0.3) is 5.91 Å². The van der Waals surface area contributed by atoms with Crippen molar-refractivity contribution in [2.75, 3.05) is 18.4 Å². The van der Waals surface area contributed by atoms with Gasteiger partial charge in [0.15, 0.2) is 0 Å². The molecule has 10 heteroatoms. The predicted molar refractivity (Wildman–Crippen MR) is 112 cm³/mol. The van der Waals surface area contributed by atoms with Crippen LogP contribution in [0.1, 0.15) is 23.2 Å². The zero-order chi connectivity index (χ0) is 21.2. The number of halogens is 2. The Balaban J connectivity index is 1.57. The molecule has 2 aromatic rings. The first-order valence-electron chi connectivity index (χ1n) is 8.83. The van der Waals surface area contributed by atoms with Crippen LogP contribution in [0.25, 0.3) is 0 Å². The molecule has 2 aromatic carbocycles. The van der Waals surface area contributed by atoms with Gasteiger partial charge in [-0.1, -0.05) is 23.2 Å². The minimum Gasteiger partial charge on any atom is -0.339 e. The second kappa shape index (κ2) is 8.71. The third-order valence-corrected chi connectivity index (χ3v) is 6.24. The van der Waals surface area contributed by atoms with E-state index >= 15 is 0 Å². The van der Waals surface area contributed by atoms with Crippen molar-refractivity contribution in [3.8, 4) is 0 Å². The normalized spacial score (nSPS) is 15.2. The Labute approximate surface area is 178 Å². The van der Waals surface area contributed by atoms with Gasteiger partial charge in [-0.15, -0.1) is 0 Å². The van der Waals surface area contributed by atoms with Crippen molar-refractivity contribution in [3.63, 3.8) is 0 Å². The van der Waals surface area contributed by atoms with Crippen LogP contribution in [0.3, 0.4) is 0 Å². The van der Waals surface area contributed by atoms with E-state index in [1.807, 2.05) is 0 Å². The molecule has 0 saturated carbocycles. The fourth-order valence-electron chi connectivity index (χ4n) is 3.15. The van der Waals surface area contributed by atoms with Crippen LogP contribution in [0, 0.1) is 5.92 Å². The molecular weight excluding hydrogens is 437 g/mol. The molecule has 0 bridgehead atoms. The number of hydrogen-bond acceptors (Lipinski definition) is 4. The number of anilines is 1. The Bertz CT molecular complexity index is 1030. The quantitative estimate of drug-likeness (QED) is 0.737. The zero-order valence-corrected chi connectivity index (χ0v) is 17.6. The monoisotopic (exact) mass is 455 g/mol. The van der Waals surface area contributed by atoms with Crippen LogP contribution < -0.4 is 10.5 Å². The van der Waals surface area contributed by atoms with E-state index in [-0.39, 0.29) is 22.6 Å². The molecule has 1 aliphatic heterocycles. The number of carbonyl (C=O) groups is 2. The van der Waals surface area contributed by atoms with E-state index in [1.165, 1.54) is 30.3 Å². The Hall–Kier alpha value is -2.13. The maximum Gasteiger partial charge on any atom is 0.255 e.